The van der Waals surface area contributed by atoms with Crippen LogP contribution in [0.5, 0.6) is 0 Å². The van der Waals surface area contributed by atoms with Crippen LogP contribution in [0.25, 0.3) is 16.9 Å². The predicted molar refractivity (Wildman–Crippen MR) is 170 cm³/mol. The van der Waals surface area contributed by atoms with Gasteiger partial charge in [0.15, 0.2) is 0 Å². The third kappa shape index (κ3) is 5.82. The largest absolute Gasteiger partial charge is 0.339 e. The van der Waals surface area contributed by atoms with Crippen LogP contribution in [0.1, 0.15) is 34.4 Å². The lowest BCUT2D eigenvalue weighted by atomic mass is 9.98. The minimum absolute atomic E-state index is 0.00847. The van der Waals surface area contributed by atoms with E-state index in [-0.39, 0.29) is 35.3 Å². The molecule has 43 heavy (non-hydrogen) atoms. The van der Waals surface area contributed by atoms with Gasteiger partial charge < -0.3 is 9.80 Å². The molecule has 0 N–H and O–H groups in total. The fraction of sp³-hybridized carbons (Fsp3) is 0.294. The summed E-state index contributed by atoms with van der Waals surface area (Å²) < 4.78 is 1.85. The van der Waals surface area contributed by atoms with Crippen molar-refractivity contribution in [3.05, 3.63) is 101 Å². The van der Waals surface area contributed by atoms with Gasteiger partial charge in [-0.3, -0.25) is 19.3 Å². The second kappa shape index (κ2) is 12.1. The fourth-order valence-electron chi connectivity index (χ4n) is 5.87. The maximum atomic E-state index is 14.0. The molecule has 4 aromatic rings. The maximum Gasteiger partial charge on any atom is 0.242 e. The summed E-state index contributed by atoms with van der Waals surface area (Å²) in [6, 6.07) is 26.5. The van der Waals surface area contributed by atoms with E-state index in [0.29, 0.717) is 32.0 Å². The average Bonchev–Trinajstić information content (AvgIpc) is 3.34. The van der Waals surface area contributed by atoms with Crippen LogP contribution in [-0.4, -0.2) is 75.8 Å². The molecule has 0 bridgehead atoms. The van der Waals surface area contributed by atoms with Crippen LogP contribution < -0.4 is 4.90 Å². The summed E-state index contributed by atoms with van der Waals surface area (Å²) in [4.78, 5) is 44.8. The molecule has 2 aliphatic heterocycles. The molecule has 1 fully saturated rings. The highest BCUT2D eigenvalue weighted by Crippen LogP contribution is 2.48. The Kier molecular flexibility index (Phi) is 8.08. The smallest absolute Gasteiger partial charge is 0.242 e. The van der Waals surface area contributed by atoms with Gasteiger partial charge in [-0.2, -0.15) is 5.10 Å². The monoisotopic (exact) mass is 593 g/mol. The number of amides is 3. The zero-order chi connectivity index (χ0) is 30.1. The maximum absolute atomic E-state index is 14.0. The van der Waals surface area contributed by atoms with Crippen molar-refractivity contribution < 1.29 is 14.4 Å². The van der Waals surface area contributed by atoms with Crippen molar-refractivity contribution in [1.82, 2.24) is 19.6 Å². The van der Waals surface area contributed by atoms with E-state index in [0.717, 1.165) is 39.2 Å². The number of anilines is 1. The number of carbonyl (C=O) groups is 3. The average molecular weight is 594 g/mol. The summed E-state index contributed by atoms with van der Waals surface area (Å²) in [5.74, 6) is 0.585. The SMILES string of the molecule is CC(=O)N1CCN(C(=O)CN2C(=O)CSC(c3cccc(C)c3)c3c(-c4ccccc4)nn(-c4cccc(C)c4)c32)CC1. The molecule has 2 aliphatic rings. The molecule has 1 unspecified atom stereocenters. The first-order chi connectivity index (χ1) is 20.8. The number of hydrogen-bond acceptors (Lipinski definition) is 5. The Labute approximate surface area is 256 Å². The summed E-state index contributed by atoms with van der Waals surface area (Å²) in [6.07, 6.45) is 0. The summed E-state index contributed by atoms with van der Waals surface area (Å²) in [5.41, 5.74) is 6.78. The first kappa shape index (κ1) is 28.7. The van der Waals surface area contributed by atoms with Crippen LogP contribution in [0.2, 0.25) is 0 Å². The second-order valence-electron chi connectivity index (χ2n) is 11.2. The summed E-state index contributed by atoms with van der Waals surface area (Å²) in [6.45, 7) is 7.42. The number of piperazine rings is 1. The zero-order valence-electron chi connectivity index (χ0n) is 24.7. The van der Waals surface area contributed by atoms with Crippen LogP contribution in [-0.2, 0) is 14.4 Å². The summed E-state index contributed by atoms with van der Waals surface area (Å²) in [7, 11) is 0. The predicted octanol–water partition coefficient (Wildman–Crippen LogP) is 5.02. The van der Waals surface area contributed by atoms with E-state index in [9.17, 15) is 14.4 Å². The Morgan fingerprint density at radius 3 is 2.21 bits per heavy atom. The van der Waals surface area contributed by atoms with Gasteiger partial charge in [-0.25, -0.2) is 4.68 Å². The van der Waals surface area contributed by atoms with E-state index >= 15 is 0 Å². The molecule has 0 spiro atoms. The number of fused-ring (bicyclic) bond motifs is 1. The number of nitrogens with zero attached hydrogens (tertiary/aromatic N) is 5. The number of rotatable bonds is 5. The molecule has 3 amide bonds. The number of benzene rings is 3. The van der Waals surface area contributed by atoms with E-state index < -0.39 is 0 Å². The highest BCUT2D eigenvalue weighted by Gasteiger charge is 2.38. The molecule has 0 aliphatic carbocycles. The van der Waals surface area contributed by atoms with E-state index in [4.69, 9.17) is 5.10 Å². The molecule has 1 atom stereocenters. The van der Waals surface area contributed by atoms with Crippen LogP contribution in [0.4, 0.5) is 5.82 Å². The van der Waals surface area contributed by atoms with E-state index in [2.05, 4.69) is 25.1 Å². The molecule has 1 saturated heterocycles. The van der Waals surface area contributed by atoms with Gasteiger partial charge >= 0.3 is 0 Å². The molecule has 0 radical (unpaired) electrons. The summed E-state index contributed by atoms with van der Waals surface area (Å²) in [5, 5.41) is 5.01. The van der Waals surface area contributed by atoms with Crippen LogP contribution >= 0.6 is 11.8 Å². The van der Waals surface area contributed by atoms with E-state index in [1.54, 1.807) is 33.4 Å². The third-order valence-corrected chi connectivity index (χ3v) is 9.35. The number of hydrogen-bond donors (Lipinski definition) is 0. The van der Waals surface area contributed by atoms with Crippen LogP contribution in [0.3, 0.4) is 0 Å². The minimum Gasteiger partial charge on any atom is -0.339 e. The van der Waals surface area contributed by atoms with Crippen molar-refractivity contribution in [2.24, 2.45) is 0 Å². The molecule has 3 aromatic carbocycles. The Morgan fingerprint density at radius 2 is 1.53 bits per heavy atom. The first-order valence-electron chi connectivity index (χ1n) is 14.6. The topological polar surface area (TPSA) is 78.8 Å². The first-order valence-corrected chi connectivity index (χ1v) is 15.6. The molecule has 8 nitrogen and oxygen atoms in total. The van der Waals surface area contributed by atoms with E-state index in [1.165, 1.54) is 0 Å². The quantitative estimate of drug-likeness (QED) is 0.325. The third-order valence-electron chi connectivity index (χ3n) is 8.10. The van der Waals surface area contributed by atoms with Gasteiger partial charge in [0.05, 0.1) is 22.4 Å². The number of aryl methyl sites for hydroxylation is 2. The number of thioether (sulfide) groups is 1. The van der Waals surface area contributed by atoms with Gasteiger partial charge in [0.25, 0.3) is 0 Å². The molecular formula is C34H35N5O3S. The van der Waals surface area contributed by atoms with Gasteiger partial charge in [-0.15, -0.1) is 11.8 Å². The Balaban J connectivity index is 1.52. The van der Waals surface area contributed by atoms with Crippen molar-refractivity contribution in [3.63, 3.8) is 0 Å². The lowest BCUT2D eigenvalue weighted by Crippen LogP contribution is -2.53. The molecule has 0 saturated carbocycles. The van der Waals surface area contributed by atoms with Crippen molar-refractivity contribution in [1.29, 1.82) is 0 Å². The molecule has 3 heterocycles. The van der Waals surface area contributed by atoms with Gasteiger partial charge in [-0.05, 0) is 37.1 Å². The minimum atomic E-state index is -0.174. The number of carbonyl (C=O) groups excluding carboxylic acids is 3. The zero-order valence-corrected chi connectivity index (χ0v) is 25.5. The molecule has 6 rings (SSSR count). The van der Waals surface area contributed by atoms with Crippen molar-refractivity contribution in [2.45, 2.75) is 26.0 Å². The molecular weight excluding hydrogens is 558 g/mol. The van der Waals surface area contributed by atoms with Gasteiger partial charge in [-0.1, -0.05) is 72.3 Å². The lowest BCUT2D eigenvalue weighted by Gasteiger charge is -2.35. The Bertz CT molecular complexity index is 1680. The second-order valence-corrected chi connectivity index (χ2v) is 12.3. The van der Waals surface area contributed by atoms with Crippen molar-refractivity contribution in [3.8, 4) is 16.9 Å². The van der Waals surface area contributed by atoms with Crippen molar-refractivity contribution >= 4 is 35.3 Å². The molecule has 220 valence electrons. The van der Waals surface area contributed by atoms with Crippen LogP contribution in [0.15, 0.2) is 78.9 Å². The summed E-state index contributed by atoms with van der Waals surface area (Å²) >= 11 is 1.57. The standard InChI is InChI=1S/C34H35N5O3S/c1-23-9-7-13-27(19-23)33-31-32(26-11-5-4-6-12-26)35-39(28-14-8-10-24(2)20-28)34(31)38(30(42)22-43-33)21-29(41)37-17-15-36(16-18-37)25(3)40/h4-14,19-20,33H,15-18,21-22H2,1-3H3. The van der Waals surface area contributed by atoms with Crippen molar-refractivity contribution in [2.75, 3.05) is 43.4 Å². The van der Waals surface area contributed by atoms with Crippen LogP contribution in [0, 0.1) is 13.8 Å². The van der Waals surface area contributed by atoms with Gasteiger partial charge in [0, 0.05) is 44.2 Å². The van der Waals surface area contributed by atoms with Gasteiger partial charge in [0.1, 0.15) is 12.4 Å². The molecule has 9 heteroatoms. The Morgan fingerprint density at radius 1 is 0.860 bits per heavy atom. The van der Waals surface area contributed by atoms with Gasteiger partial charge in [0.2, 0.25) is 17.7 Å². The molecule has 1 aromatic heterocycles. The lowest BCUT2D eigenvalue weighted by molar-refractivity contribution is -0.137. The van der Waals surface area contributed by atoms with E-state index in [1.807, 2.05) is 72.3 Å². The Hall–Kier alpha value is -4.37. The highest BCUT2D eigenvalue weighted by atomic mass is 32.2. The fourth-order valence-corrected chi connectivity index (χ4v) is 7.06. The number of aromatic nitrogens is 2. The normalized spacial score (nSPS) is 17.0. The highest BCUT2D eigenvalue weighted by molar-refractivity contribution is 8.00.